The molecular formula is C16H10FN3O. The van der Waals surface area contributed by atoms with Gasteiger partial charge in [-0.25, -0.2) is 14.4 Å². The van der Waals surface area contributed by atoms with Gasteiger partial charge < -0.3 is 9.73 Å². The van der Waals surface area contributed by atoms with Gasteiger partial charge in [-0.1, -0.05) is 18.2 Å². The van der Waals surface area contributed by atoms with Crippen LogP contribution < -0.4 is 5.32 Å². The molecule has 4 nitrogen and oxygen atoms in total. The number of furan rings is 1. The molecular weight excluding hydrogens is 269 g/mol. The quantitative estimate of drug-likeness (QED) is 0.595. The third-order valence-corrected chi connectivity index (χ3v) is 3.25. The highest BCUT2D eigenvalue weighted by Crippen LogP contribution is 2.31. The largest absolute Gasteiger partial charge is 0.450 e. The Labute approximate surface area is 119 Å². The van der Waals surface area contributed by atoms with Crippen LogP contribution in [0.3, 0.4) is 0 Å². The van der Waals surface area contributed by atoms with Gasteiger partial charge in [0.15, 0.2) is 11.4 Å². The second kappa shape index (κ2) is 4.56. The molecule has 2 aromatic heterocycles. The summed E-state index contributed by atoms with van der Waals surface area (Å²) in [5.74, 6) is 0.205. The lowest BCUT2D eigenvalue weighted by atomic mass is 10.2. The molecule has 0 aliphatic carbocycles. The lowest BCUT2D eigenvalue weighted by molar-refractivity contribution is 0.628. The molecule has 1 N–H and O–H groups in total. The van der Waals surface area contributed by atoms with Crippen molar-refractivity contribution in [3.05, 3.63) is 60.7 Å². The van der Waals surface area contributed by atoms with Crippen LogP contribution in [0.1, 0.15) is 0 Å². The van der Waals surface area contributed by atoms with Gasteiger partial charge in [0.1, 0.15) is 23.2 Å². The van der Waals surface area contributed by atoms with Gasteiger partial charge in [-0.3, -0.25) is 0 Å². The van der Waals surface area contributed by atoms with E-state index >= 15 is 0 Å². The van der Waals surface area contributed by atoms with Gasteiger partial charge >= 0.3 is 0 Å². The predicted molar refractivity (Wildman–Crippen MR) is 79.0 cm³/mol. The Bertz CT molecular complexity index is 948. The van der Waals surface area contributed by atoms with E-state index in [-0.39, 0.29) is 5.82 Å². The molecule has 0 radical (unpaired) electrons. The highest BCUT2D eigenvalue weighted by molar-refractivity contribution is 6.05. The number of nitrogens with one attached hydrogen (secondary N) is 1. The van der Waals surface area contributed by atoms with Gasteiger partial charge in [0.25, 0.3) is 0 Å². The van der Waals surface area contributed by atoms with Crippen molar-refractivity contribution in [1.29, 1.82) is 0 Å². The third-order valence-electron chi connectivity index (χ3n) is 3.25. The molecule has 2 aromatic carbocycles. The van der Waals surface area contributed by atoms with E-state index in [1.54, 1.807) is 12.1 Å². The summed E-state index contributed by atoms with van der Waals surface area (Å²) < 4.78 is 19.1. The number of rotatable bonds is 2. The van der Waals surface area contributed by atoms with Gasteiger partial charge in [-0.15, -0.1) is 0 Å². The molecule has 0 aliphatic rings. The number of aromatic nitrogens is 2. The van der Waals surface area contributed by atoms with Gasteiger partial charge in [-0.05, 0) is 30.3 Å². The molecule has 2 heterocycles. The fraction of sp³-hybridized carbons (Fsp3) is 0. The van der Waals surface area contributed by atoms with E-state index in [0.717, 1.165) is 16.5 Å². The minimum absolute atomic E-state index is 0.310. The molecule has 0 saturated carbocycles. The van der Waals surface area contributed by atoms with Crippen LogP contribution in [0.15, 0.2) is 59.3 Å². The molecule has 0 aliphatic heterocycles. The van der Waals surface area contributed by atoms with Crippen molar-refractivity contribution in [1.82, 2.24) is 9.97 Å². The Balaban J connectivity index is 1.89. The van der Waals surface area contributed by atoms with Crippen molar-refractivity contribution in [2.75, 3.05) is 5.32 Å². The van der Waals surface area contributed by atoms with E-state index < -0.39 is 0 Å². The second-order valence-corrected chi connectivity index (χ2v) is 4.63. The standard InChI is InChI=1S/C16H10FN3O/c17-10-4-3-5-11(8-10)20-16-15-14(18-9-19-16)12-6-1-2-7-13(12)21-15/h1-9H,(H,18,19,20). The van der Waals surface area contributed by atoms with Gasteiger partial charge in [0.2, 0.25) is 0 Å². The number of fused-ring (bicyclic) bond motifs is 3. The maximum atomic E-state index is 13.3. The average Bonchev–Trinajstić information content (AvgIpc) is 2.87. The summed E-state index contributed by atoms with van der Waals surface area (Å²) in [6.07, 6.45) is 1.46. The van der Waals surface area contributed by atoms with E-state index in [0.29, 0.717) is 17.1 Å². The molecule has 5 heteroatoms. The Kier molecular flexibility index (Phi) is 2.57. The normalized spacial score (nSPS) is 11.1. The van der Waals surface area contributed by atoms with Gasteiger partial charge in [0, 0.05) is 11.1 Å². The lowest BCUT2D eigenvalue weighted by Gasteiger charge is -2.05. The summed E-state index contributed by atoms with van der Waals surface area (Å²) in [6, 6.07) is 13.8. The average molecular weight is 279 g/mol. The summed E-state index contributed by atoms with van der Waals surface area (Å²) in [7, 11) is 0. The molecule has 4 rings (SSSR count). The summed E-state index contributed by atoms with van der Waals surface area (Å²) >= 11 is 0. The monoisotopic (exact) mass is 279 g/mol. The van der Waals surface area contributed by atoms with Crippen molar-refractivity contribution in [3.8, 4) is 0 Å². The van der Waals surface area contributed by atoms with Crippen LogP contribution in [-0.2, 0) is 0 Å². The van der Waals surface area contributed by atoms with Crippen LogP contribution in [-0.4, -0.2) is 9.97 Å². The summed E-state index contributed by atoms with van der Waals surface area (Å²) in [5, 5.41) is 3.99. The molecule has 0 spiro atoms. The highest BCUT2D eigenvalue weighted by atomic mass is 19.1. The van der Waals surface area contributed by atoms with Crippen LogP contribution in [0.2, 0.25) is 0 Å². The minimum Gasteiger partial charge on any atom is -0.450 e. The van der Waals surface area contributed by atoms with Crippen LogP contribution in [0.5, 0.6) is 0 Å². The van der Waals surface area contributed by atoms with Gasteiger partial charge in [-0.2, -0.15) is 0 Å². The molecule has 0 fully saturated rings. The zero-order valence-corrected chi connectivity index (χ0v) is 10.9. The number of halogens is 1. The molecule has 102 valence electrons. The molecule has 0 saturated heterocycles. The first-order valence-electron chi connectivity index (χ1n) is 6.46. The van der Waals surface area contributed by atoms with Crippen LogP contribution >= 0.6 is 0 Å². The van der Waals surface area contributed by atoms with Crippen molar-refractivity contribution in [2.24, 2.45) is 0 Å². The van der Waals surface area contributed by atoms with Gasteiger partial charge in [0.05, 0.1) is 0 Å². The zero-order valence-electron chi connectivity index (χ0n) is 10.9. The topological polar surface area (TPSA) is 51.0 Å². The third kappa shape index (κ3) is 1.99. The molecule has 0 amide bonds. The Morgan fingerprint density at radius 3 is 2.81 bits per heavy atom. The van der Waals surface area contributed by atoms with E-state index in [9.17, 15) is 4.39 Å². The summed E-state index contributed by atoms with van der Waals surface area (Å²) in [4.78, 5) is 8.46. The first-order chi connectivity index (χ1) is 10.3. The highest BCUT2D eigenvalue weighted by Gasteiger charge is 2.12. The number of hydrogen-bond donors (Lipinski definition) is 1. The van der Waals surface area contributed by atoms with Crippen molar-refractivity contribution >= 4 is 33.6 Å². The number of hydrogen-bond acceptors (Lipinski definition) is 4. The van der Waals surface area contributed by atoms with E-state index in [1.807, 2.05) is 24.3 Å². The lowest BCUT2D eigenvalue weighted by Crippen LogP contribution is -1.95. The number of para-hydroxylation sites is 1. The van der Waals surface area contributed by atoms with Crippen molar-refractivity contribution < 1.29 is 8.81 Å². The maximum absolute atomic E-state index is 13.3. The summed E-state index contributed by atoms with van der Waals surface area (Å²) in [6.45, 7) is 0. The first-order valence-corrected chi connectivity index (χ1v) is 6.46. The zero-order chi connectivity index (χ0) is 14.2. The molecule has 21 heavy (non-hydrogen) atoms. The maximum Gasteiger partial charge on any atom is 0.196 e. The first kappa shape index (κ1) is 11.8. The summed E-state index contributed by atoms with van der Waals surface area (Å²) in [5.41, 5.74) is 2.65. The fourth-order valence-corrected chi connectivity index (χ4v) is 2.32. The van der Waals surface area contributed by atoms with Crippen LogP contribution in [0.4, 0.5) is 15.9 Å². The Hall–Kier alpha value is -2.95. The molecule has 0 bridgehead atoms. The van der Waals surface area contributed by atoms with Crippen LogP contribution in [0.25, 0.3) is 22.1 Å². The Morgan fingerprint density at radius 2 is 1.90 bits per heavy atom. The predicted octanol–water partition coefficient (Wildman–Crippen LogP) is 4.26. The molecule has 4 aromatic rings. The Morgan fingerprint density at radius 1 is 1.00 bits per heavy atom. The van der Waals surface area contributed by atoms with Crippen molar-refractivity contribution in [2.45, 2.75) is 0 Å². The van der Waals surface area contributed by atoms with E-state index in [1.165, 1.54) is 18.5 Å². The minimum atomic E-state index is -0.310. The SMILES string of the molecule is Fc1cccc(Nc2ncnc3c2oc2ccccc23)c1. The fourth-order valence-electron chi connectivity index (χ4n) is 2.32. The number of anilines is 2. The molecule has 0 atom stereocenters. The van der Waals surface area contributed by atoms with E-state index in [2.05, 4.69) is 15.3 Å². The molecule has 0 unspecified atom stereocenters. The van der Waals surface area contributed by atoms with Crippen LogP contribution in [0, 0.1) is 5.82 Å². The van der Waals surface area contributed by atoms with Crippen molar-refractivity contribution in [3.63, 3.8) is 0 Å². The van der Waals surface area contributed by atoms with E-state index in [4.69, 9.17) is 4.42 Å². The second-order valence-electron chi connectivity index (χ2n) is 4.63. The number of benzene rings is 2. The number of nitrogens with zero attached hydrogens (tertiary/aromatic N) is 2. The smallest absolute Gasteiger partial charge is 0.196 e.